The van der Waals surface area contributed by atoms with Gasteiger partial charge in [-0.2, -0.15) is 0 Å². The third-order valence-electron chi connectivity index (χ3n) is 6.32. The molecule has 2 fully saturated rings. The van der Waals surface area contributed by atoms with Gasteiger partial charge in [0.05, 0.1) is 26.1 Å². The molecule has 1 aromatic rings. The minimum Gasteiger partial charge on any atom is -0.495 e. The average molecular weight is 347 g/mol. The summed E-state index contributed by atoms with van der Waals surface area (Å²) in [7, 11) is 3.45. The van der Waals surface area contributed by atoms with E-state index in [1.165, 1.54) is 58.0 Å². The molecule has 3 rings (SSSR count). The molecular formula is C21H34N2O2. The number of ether oxygens (including phenoxy) is 2. The molecule has 2 aliphatic rings. The van der Waals surface area contributed by atoms with Crippen molar-refractivity contribution < 1.29 is 9.47 Å². The SMILES string of the molecule is COc1cnc(CN2CCC3(CCCCC3)CC2)c(OC)c1C(C)C. The Kier molecular flexibility index (Phi) is 5.88. The second-order valence-corrected chi connectivity index (χ2v) is 8.21. The van der Waals surface area contributed by atoms with Gasteiger partial charge in [-0.1, -0.05) is 33.1 Å². The molecule has 1 saturated carbocycles. The van der Waals surface area contributed by atoms with Gasteiger partial charge in [-0.3, -0.25) is 9.88 Å². The first-order valence-corrected chi connectivity index (χ1v) is 9.91. The number of nitrogens with zero attached hydrogens (tertiary/aromatic N) is 2. The zero-order valence-corrected chi connectivity index (χ0v) is 16.4. The summed E-state index contributed by atoms with van der Waals surface area (Å²) in [5.41, 5.74) is 2.83. The number of aromatic nitrogens is 1. The van der Waals surface area contributed by atoms with E-state index in [0.29, 0.717) is 11.3 Å². The molecule has 4 heteroatoms. The lowest BCUT2D eigenvalue weighted by Gasteiger charge is -2.44. The summed E-state index contributed by atoms with van der Waals surface area (Å²) in [6.45, 7) is 7.61. The normalized spacial score (nSPS) is 20.8. The lowest BCUT2D eigenvalue weighted by atomic mass is 9.68. The summed E-state index contributed by atoms with van der Waals surface area (Å²) in [6.07, 6.45) is 11.8. The monoisotopic (exact) mass is 346 g/mol. The van der Waals surface area contributed by atoms with E-state index in [1.807, 2.05) is 6.20 Å². The molecule has 1 spiro atoms. The van der Waals surface area contributed by atoms with Gasteiger partial charge in [0.15, 0.2) is 0 Å². The zero-order chi connectivity index (χ0) is 17.9. The molecule has 1 aromatic heterocycles. The van der Waals surface area contributed by atoms with Crippen molar-refractivity contribution in [1.29, 1.82) is 0 Å². The Bertz CT molecular complexity index is 570. The highest BCUT2D eigenvalue weighted by molar-refractivity contribution is 5.48. The zero-order valence-electron chi connectivity index (χ0n) is 16.4. The van der Waals surface area contributed by atoms with Crippen molar-refractivity contribution in [3.05, 3.63) is 17.5 Å². The number of hydrogen-bond donors (Lipinski definition) is 0. The van der Waals surface area contributed by atoms with E-state index < -0.39 is 0 Å². The fourth-order valence-corrected chi connectivity index (χ4v) is 4.78. The van der Waals surface area contributed by atoms with Crippen molar-refractivity contribution in [3.63, 3.8) is 0 Å². The Morgan fingerprint density at radius 1 is 1.04 bits per heavy atom. The Labute approximate surface area is 152 Å². The highest BCUT2D eigenvalue weighted by atomic mass is 16.5. The van der Waals surface area contributed by atoms with Crippen LogP contribution in [-0.2, 0) is 6.54 Å². The highest BCUT2D eigenvalue weighted by Crippen LogP contribution is 2.45. The summed E-state index contributed by atoms with van der Waals surface area (Å²) in [5.74, 6) is 2.08. The van der Waals surface area contributed by atoms with Crippen molar-refractivity contribution in [1.82, 2.24) is 9.88 Å². The first-order chi connectivity index (χ1) is 12.1. The third-order valence-corrected chi connectivity index (χ3v) is 6.32. The molecule has 0 radical (unpaired) electrons. The number of methoxy groups -OCH3 is 2. The molecule has 1 saturated heterocycles. The second kappa shape index (κ2) is 7.94. The number of pyridine rings is 1. The van der Waals surface area contributed by atoms with E-state index in [2.05, 4.69) is 23.7 Å². The maximum atomic E-state index is 5.76. The van der Waals surface area contributed by atoms with Crippen LogP contribution in [0.5, 0.6) is 11.5 Å². The molecule has 1 aliphatic carbocycles. The van der Waals surface area contributed by atoms with E-state index in [1.54, 1.807) is 14.2 Å². The summed E-state index contributed by atoms with van der Waals surface area (Å²) in [6, 6.07) is 0. The topological polar surface area (TPSA) is 34.6 Å². The van der Waals surface area contributed by atoms with Crippen LogP contribution >= 0.6 is 0 Å². The number of likely N-dealkylation sites (tertiary alicyclic amines) is 1. The Morgan fingerprint density at radius 3 is 2.28 bits per heavy atom. The average Bonchev–Trinajstić information content (AvgIpc) is 2.64. The van der Waals surface area contributed by atoms with E-state index >= 15 is 0 Å². The molecule has 140 valence electrons. The van der Waals surface area contributed by atoms with Gasteiger partial charge < -0.3 is 9.47 Å². The fraction of sp³-hybridized carbons (Fsp3) is 0.762. The number of hydrogen-bond acceptors (Lipinski definition) is 4. The fourth-order valence-electron chi connectivity index (χ4n) is 4.78. The van der Waals surface area contributed by atoms with Gasteiger partial charge >= 0.3 is 0 Å². The lowest BCUT2D eigenvalue weighted by Crippen LogP contribution is -2.40. The van der Waals surface area contributed by atoms with Gasteiger partial charge in [-0.25, -0.2) is 0 Å². The molecule has 0 bridgehead atoms. The predicted molar refractivity (Wildman–Crippen MR) is 101 cm³/mol. The van der Waals surface area contributed by atoms with Gasteiger partial charge in [0, 0.05) is 12.1 Å². The second-order valence-electron chi connectivity index (χ2n) is 8.21. The van der Waals surface area contributed by atoms with Gasteiger partial charge in [0.2, 0.25) is 0 Å². The van der Waals surface area contributed by atoms with Crippen LogP contribution in [0.15, 0.2) is 6.20 Å². The highest BCUT2D eigenvalue weighted by Gasteiger charge is 2.35. The van der Waals surface area contributed by atoms with Crippen molar-refractivity contribution in [2.45, 2.75) is 71.3 Å². The summed E-state index contributed by atoms with van der Waals surface area (Å²) in [4.78, 5) is 7.23. The minimum atomic E-state index is 0.346. The first-order valence-electron chi connectivity index (χ1n) is 9.91. The third kappa shape index (κ3) is 3.94. The van der Waals surface area contributed by atoms with E-state index in [4.69, 9.17) is 9.47 Å². The molecule has 2 heterocycles. The first kappa shape index (κ1) is 18.5. The Balaban J connectivity index is 1.72. The standard InChI is InChI=1S/C21H34N2O2/c1-16(2)19-18(24-3)14-22-17(20(19)25-4)15-23-12-10-21(11-13-23)8-6-5-7-9-21/h14,16H,5-13,15H2,1-4H3. The van der Waals surface area contributed by atoms with Crippen LogP contribution in [0.3, 0.4) is 0 Å². The molecule has 0 unspecified atom stereocenters. The molecular weight excluding hydrogens is 312 g/mol. The predicted octanol–water partition coefficient (Wildman–Crippen LogP) is 4.77. The number of piperidine rings is 1. The smallest absolute Gasteiger partial charge is 0.148 e. The van der Waals surface area contributed by atoms with E-state index in [9.17, 15) is 0 Å². The van der Waals surface area contributed by atoms with Gasteiger partial charge in [-0.15, -0.1) is 0 Å². The number of rotatable bonds is 5. The van der Waals surface area contributed by atoms with Crippen molar-refractivity contribution in [2.24, 2.45) is 5.41 Å². The Hall–Kier alpha value is -1.29. The molecule has 25 heavy (non-hydrogen) atoms. The largest absolute Gasteiger partial charge is 0.495 e. The van der Waals surface area contributed by atoms with E-state index in [0.717, 1.165) is 29.3 Å². The van der Waals surface area contributed by atoms with Crippen LogP contribution in [0, 0.1) is 5.41 Å². The maximum absolute atomic E-state index is 5.76. The van der Waals surface area contributed by atoms with Crippen LogP contribution in [0.4, 0.5) is 0 Å². The quantitative estimate of drug-likeness (QED) is 0.769. The molecule has 0 atom stereocenters. The van der Waals surface area contributed by atoms with Crippen molar-refractivity contribution in [2.75, 3.05) is 27.3 Å². The Morgan fingerprint density at radius 2 is 1.72 bits per heavy atom. The molecule has 4 nitrogen and oxygen atoms in total. The van der Waals surface area contributed by atoms with Gasteiger partial charge in [0.25, 0.3) is 0 Å². The van der Waals surface area contributed by atoms with Crippen LogP contribution < -0.4 is 9.47 Å². The maximum Gasteiger partial charge on any atom is 0.148 e. The van der Waals surface area contributed by atoms with Crippen LogP contribution in [0.1, 0.15) is 76.0 Å². The minimum absolute atomic E-state index is 0.346. The van der Waals surface area contributed by atoms with Crippen molar-refractivity contribution >= 4 is 0 Å². The van der Waals surface area contributed by atoms with Crippen LogP contribution in [0.25, 0.3) is 0 Å². The van der Waals surface area contributed by atoms with Gasteiger partial charge in [0.1, 0.15) is 11.5 Å². The van der Waals surface area contributed by atoms with Crippen LogP contribution in [0.2, 0.25) is 0 Å². The molecule has 0 aromatic carbocycles. The van der Waals surface area contributed by atoms with Crippen LogP contribution in [-0.4, -0.2) is 37.2 Å². The van der Waals surface area contributed by atoms with Gasteiger partial charge in [-0.05, 0) is 50.1 Å². The molecule has 1 aliphatic heterocycles. The lowest BCUT2D eigenvalue weighted by molar-refractivity contribution is 0.0631. The molecule has 0 N–H and O–H groups in total. The summed E-state index contributed by atoms with van der Waals surface area (Å²) < 4.78 is 11.3. The summed E-state index contributed by atoms with van der Waals surface area (Å²) >= 11 is 0. The van der Waals surface area contributed by atoms with E-state index in [-0.39, 0.29) is 0 Å². The summed E-state index contributed by atoms with van der Waals surface area (Å²) in [5, 5.41) is 0. The van der Waals surface area contributed by atoms with Crippen molar-refractivity contribution in [3.8, 4) is 11.5 Å². The molecule has 0 amide bonds.